The lowest BCUT2D eigenvalue weighted by Gasteiger charge is -2.40. The minimum absolute atomic E-state index is 0.187. The first-order valence-corrected chi connectivity index (χ1v) is 7.99. The van der Waals surface area contributed by atoms with Crippen molar-refractivity contribution in [3.05, 3.63) is 23.6 Å². The summed E-state index contributed by atoms with van der Waals surface area (Å²) >= 11 is 0. The van der Waals surface area contributed by atoms with Gasteiger partial charge in [-0.3, -0.25) is 0 Å². The highest BCUT2D eigenvalue weighted by Crippen LogP contribution is 2.22. The second-order valence-corrected chi connectivity index (χ2v) is 5.70. The van der Waals surface area contributed by atoms with E-state index in [2.05, 4.69) is 4.98 Å². The van der Waals surface area contributed by atoms with Gasteiger partial charge in [0.1, 0.15) is 0 Å². The van der Waals surface area contributed by atoms with Crippen LogP contribution in [0.5, 0.6) is 0 Å². The number of nitrogens with zero attached hydrogens (tertiary/aromatic N) is 3. The lowest BCUT2D eigenvalue weighted by Crippen LogP contribution is -2.57. The summed E-state index contributed by atoms with van der Waals surface area (Å²) in [6.45, 7) is 5.13. The van der Waals surface area contributed by atoms with E-state index in [0.29, 0.717) is 25.4 Å². The first kappa shape index (κ1) is 17.5. The van der Waals surface area contributed by atoms with E-state index in [1.807, 2.05) is 6.92 Å². The van der Waals surface area contributed by atoms with Gasteiger partial charge < -0.3 is 19.6 Å². The number of pyridine rings is 1. The summed E-state index contributed by atoms with van der Waals surface area (Å²) in [6.07, 6.45) is 1.40. The number of aryl methyl sites for hydroxylation is 1. The van der Waals surface area contributed by atoms with Crippen molar-refractivity contribution in [1.82, 2.24) is 9.88 Å². The third-order valence-electron chi connectivity index (χ3n) is 3.91. The van der Waals surface area contributed by atoms with Gasteiger partial charge in [0.25, 0.3) is 0 Å². The number of rotatable bonds is 5. The monoisotopic (exact) mass is 325 g/mol. The maximum absolute atomic E-state index is 14.0. The minimum Gasteiger partial charge on any atom is -0.449 e. The number of amides is 1. The van der Waals surface area contributed by atoms with Crippen molar-refractivity contribution < 1.29 is 19.0 Å². The second-order valence-electron chi connectivity index (χ2n) is 5.70. The second kappa shape index (κ2) is 8.10. The molecule has 6 nitrogen and oxygen atoms in total. The molecule has 2 heterocycles. The molecule has 1 fully saturated rings. The third kappa shape index (κ3) is 4.31. The Hall–Kier alpha value is -1.89. The van der Waals surface area contributed by atoms with Crippen molar-refractivity contribution in [2.45, 2.75) is 32.7 Å². The van der Waals surface area contributed by atoms with E-state index >= 15 is 0 Å². The topological polar surface area (TPSA) is 65.9 Å². The Morgan fingerprint density at radius 3 is 2.96 bits per heavy atom. The summed E-state index contributed by atoms with van der Waals surface area (Å²) in [5.74, 6) is -0.198. The van der Waals surface area contributed by atoms with Gasteiger partial charge in [0, 0.05) is 25.3 Å². The Morgan fingerprint density at radius 1 is 1.48 bits per heavy atom. The van der Waals surface area contributed by atoms with Crippen LogP contribution in [0.2, 0.25) is 0 Å². The standard InChI is InChI=1S/C16H24FN3O3/c1-3-4-9-23-16(22)19-7-8-20(13(10-19)11-21)15-14(17)6-5-12(2)18-15/h5-6,13,21H,3-4,7-11H2,1-2H3/t13-/m0/s1. The summed E-state index contributed by atoms with van der Waals surface area (Å²) in [5, 5.41) is 9.63. The summed E-state index contributed by atoms with van der Waals surface area (Å²) in [5.41, 5.74) is 0.708. The number of halogens is 1. The molecular formula is C16H24FN3O3. The number of unbranched alkanes of at least 4 members (excludes halogenated alkanes) is 1. The predicted octanol–water partition coefficient (Wildman–Crippen LogP) is 1.95. The molecule has 0 aromatic carbocycles. The van der Waals surface area contributed by atoms with E-state index in [4.69, 9.17) is 4.74 Å². The normalized spacial score (nSPS) is 18.2. The number of carbonyl (C=O) groups excluding carboxylic acids is 1. The fourth-order valence-corrected chi connectivity index (χ4v) is 2.58. The van der Waals surface area contributed by atoms with Crippen molar-refractivity contribution in [2.75, 3.05) is 37.7 Å². The van der Waals surface area contributed by atoms with Crippen LogP contribution in [0.25, 0.3) is 0 Å². The highest BCUT2D eigenvalue weighted by molar-refractivity contribution is 5.68. The number of hydrogen-bond acceptors (Lipinski definition) is 5. The molecule has 0 saturated carbocycles. The molecule has 1 aromatic heterocycles. The van der Waals surface area contributed by atoms with Crippen LogP contribution >= 0.6 is 0 Å². The number of aromatic nitrogens is 1. The maximum Gasteiger partial charge on any atom is 0.409 e. The first-order chi connectivity index (χ1) is 11.1. The molecule has 0 unspecified atom stereocenters. The van der Waals surface area contributed by atoms with E-state index < -0.39 is 11.9 Å². The van der Waals surface area contributed by atoms with Gasteiger partial charge in [-0.05, 0) is 25.5 Å². The molecule has 1 atom stereocenters. The number of aliphatic hydroxyl groups is 1. The lowest BCUT2D eigenvalue weighted by molar-refractivity contribution is 0.0877. The minimum atomic E-state index is -0.423. The van der Waals surface area contributed by atoms with Crippen LogP contribution in [0, 0.1) is 12.7 Å². The molecular weight excluding hydrogens is 301 g/mol. The molecule has 1 aliphatic heterocycles. The molecule has 0 aliphatic carbocycles. The zero-order chi connectivity index (χ0) is 16.8. The van der Waals surface area contributed by atoms with E-state index in [1.54, 1.807) is 22.8 Å². The number of carbonyl (C=O) groups is 1. The van der Waals surface area contributed by atoms with Crippen molar-refractivity contribution in [3.63, 3.8) is 0 Å². The molecule has 0 bridgehead atoms. The Labute approximate surface area is 135 Å². The number of hydrogen-bond donors (Lipinski definition) is 1. The fourth-order valence-electron chi connectivity index (χ4n) is 2.58. The molecule has 1 aromatic rings. The zero-order valence-corrected chi connectivity index (χ0v) is 13.7. The Morgan fingerprint density at radius 2 is 2.26 bits per heavy atom. The van der Waals surface area contributed by atoms with Gasteiger partial charge in [0.05, 0.1) is 19.3 Å². The zero-order valence-electron chi connectivity index (χ0n) is 13.7. The third-order valence-corrected chi connectivity index (χ3v) is 3.91. The van der Waals surface area contributed by atoms with Gasteiger partial charge >= 0.3 is 6.09 Å². The predicted molar refractivity (Wildman–Crippen MR) is 85.0 cm³/mol. The molecule has 0 spiro atoms. The van der Waals surface area contributed by atoms with Crippen molar-refractivity contribution in [3.8, 4) is 0 Å². The Balaban J connectivity index is 2.04. The van der Waals surface area contributed by atoms with Crippen LogP contribution in [-0.2, 0) is 4.74 Å². The molecule has 7 heteroatoms. The molecule has 128 valence electrons. The average Bonchev–Trinajstić information content (AvgIpc) is 2.56. The smallest absolute Gasteiger partial charge is 0.409 e. The average molecular weight is 325 g/mol. The largest absolute Gasteiger partial charge is 0.449 e. The van der Waals surface area contributed by atoms with Crippen LogP contribution < -0.4 is 4.90 Å². The highest BCUT2D eigenvalue weighted by atomic mass is 19.1. The molecule has 1 amide bonds. The summed E-state index contributed by atoms with van der Waals surface area (Å²) in [4.78, 5) is 19.5. The Kier molecular flexibility index (Phi) is 6.15. The number of aliphatic hydroxyl groups excluding tert-OH is 1. The van der Waals surface area contributed by atoms with Crippen LogP contribution in [0.3, 0.4) is 0 Å². The van der Waals surface area contributed by atoms with Crippen LogP contribution in [-0.4, -0.2) is 60.0 Å². The molecule has 1 aliphatic rings. The van der Waals surface area contributed by atoms with Gasteiger partial charge in [-0.2, -0.15) is 0 Å². The fraction of sp³-hybridized carbons (Fsp3) is 0.625. The quantitative estimate of drug-likeness (QED) is 0.838. The number of piperazine rings is 1. The van der Waals surface area contributed by atoms with Gasteiger partial charge in [-0.25, -0.2) is 14.2 Å². The van der Waals surface area contributed by atoms with Crippen LogP contribution in [0.4, 0.5) is 15.0 Å². The summed E-state index contributed by atoms with van der Waals surface area (Å²) in [6, 6.07) is 2.58. The van der Waals surface area contributed by atoms with E-state index in [9.17, 15) is 14.3 Å². The summed E-state index contributed by atoms with van der Waals surface area (Å²) < 4.78 is 19.2. The van der Waals surface area contributed by atoms with Crippen molar-refractivity contribution in [1.29, 1.82) is 0 Å². The summed E-state index contributed by atoms with van der Waals surface area (Å²) in [7, 11) is 0. The number of ether oxygens (including phenoxy) is 1. The SMILES string of the molecule is CCCCOC(=O)N1CCN(c2nc(C)ccc2F)[C@H](CO)C1. The van der Waals surface area contributed by atoms with Gasteiger partial charge in [0.15, 0.2) is 11.6 Å². The van der Waals surface area contributed by atoms with Crippen LogP contribution in [0.1, 0.15) is 25.5 Å². The van der Waals surface area contributed by atoms with Gasteiger partial charge in [-0.1, -0.05) is 13.3 Å². The number of anilines is 1. The lowest BCUT2D eigenvalue weighted by atomic mass is 10.1. The first-order valence-electron chi connectivity index (χ1n) is 7.99. The van der Waals surface area contributed by atoms with Gasteiger partial charge in [-0.15, -0.1) is 0 Å². The maximum atomic E-state index is 14.0. The van der Waals surface area contributed by atoms with Gasteiger partial charge in [0.2, 0.25) is 0 Å². The van der Waals surface area contributed by atoms with Crippen molar-refractivity contribution >= 4 is 11.9 Å². The molecule has 1 N–H and O–H groups in total. The van der Waals surface area contributed by atoms with E-state index in [1.165, 1.54) is 6.07 Å². The highest BCUT2D eigenvalue weighted by Gasteiger charge is 2.32. The molecule has 2 rings (SSSR count). The van der Waals surface area contributed by atoms with E-state index in [-0.39, 0.29) is 25.1 Å². The van der Waals surface area contributed by atoms with Crippen LogP contribution in [0.15, 0.2) is 12.1 Å². The molecule has 0 radical (unpaired) electrons. The molecule has 23 heavy (non-hydrogen) atoms. The molecule has 1 saturated heterocycles. The Bertz CT molecular complexity index is 541. The van der Waals surface area contributed by atoms with E-state index in [0.717, 1.165) is 12.8 Å². The van der Waals surface area contributed by atoms with Crippen molar-refractivity contribution in [2.24, 2.45) is 0 Å².